The van der Waals surface area contributed by atoms with Crippen LogP contribution >= 0.6 is 18.9 Å². The Morgan fingerprint density at radius 2 is 2.00 bits per heavy atom. The number of allylic oxidation sites excluding steroid dienone is 1. The van der Waals surface area contributed by atoms with E-state index >= 15 is 0 Å². The summed E-state index contributed by atoms with van der Waals surface area (Å²) in [6.07, 6.45) is 4.43. The number of rotatable bonds is 6. The van der Waals surface area contributed by atoms with E-state index in [9.17, 15) is 22.9 Å². The molecule has 0 fully saturated rings. The van der Waals surface area contributed by atoms with Gasteiger partial charge in [-0.15, -0.1) is 4.76 Å². The molecule has 2 atom stereocenters. The minimum atomic E-state index is -3.92. The van der Waals surface area contributed by atoms with Crippen LogP contribution in [0.2, 0.25) is 0 Å². The van der Waals surface area contributed by atoms with Gasteiger partial charge in [-0.2, -0.15) is 15.8 Å². The largest absolute Gasteiger partial charge is 0.507 e. The summed E-state index contributed by atoms with van der Waals surface area (Å²) in [5, 5.41) is 17.7. The van der Waals surface area contributed by atoms with Crippen molar-refractivity contribution in [2.75, 3.05) is 29.9 Å². The SMILES string of the molecule is COP1(=O)N=C([N+]2(CCC(C)(C)C)C=C(c3ccsc3)C(O)=CC2=O)Nc2ccc(NS(C)(=O)=O)cc21. The lowest BCUT2D eigenvalue weighted by molar-refractivity contribution is -0.706. The summed E-state index contributed by atoms with van der Waals surface area (Å²) in [5.41, 5.74) is 1.64. The molecule has 1 amide bonds. The second-order valence-corrected chi connectivity index (χ2v) is 14.8. The van der Waals surface area contributed by atoms with Crippen LogP contribution in [0.25, 0.3) is 5.57 Å². The summed E-state index contributed by atoms with van der Waals surface area (Å²) >= 11 is 1.46. The van der Waals surface area contributed by atoms with Crippen LogP contribution in [-0.4, -0.2) is 49.8 Å². The highest BCUT2D eigenvalue weighted by atomic mass is 32.2. The van der Waals surface area contributed by atoms with Gasteiger partial charge in [0.25, 0.3) is 0 Å². The average molecular weight is 566 g/mol. The number of sulfonamides is 1. The van der Waals surface area contributed by atoms with E-state index in [4.69, 9.17) is 4.52 Å². The molecule has 37 heavy (non-hydrogen) atoms. The van der Waals surface area contributed by atoms with Gasteiger partial charge in [0.15, 0.2) is 0 Å². The maximum absolute atomic E-state index is 14.0. The van der Waals surface area contributed by atoms with Crippen molar-refractivity contribution in [3.8, 4) is 0 Å². The number of aliphatic hydroxyl groups is 1. The number of hydrogen-bond acceptors (Lipinski definition) is 8. The lowest BCUT2D eigenvalue weighted by atomic mass is 9.91. The van der Waals surface area contributed by atoms with Gasteiger partial charge in [0.1, 0.15) is 12.0 Å². The van der Waals surface area contributed by atoms with Crippen molar-refractivity contribution in [1.29, 1.82) is 0 Å². The first-order valence-electron chi connectivity index (χ1n) is 11.4. The molecule has 2 unspecified atom stereocenters. The summed E-state index contributed by atoms with van der Waals surface area (Å²) in [7, 11) is -6.23. The number of fused-ring (bicyclic) bond motifs is 1. The Morgan fingerprint density at radius 1 is 1.27 bits per heavy atom. The minimum absolute atomic E-state index is 0.0900. The van der Waals surface area contributed by atoms with E-state index in [0.29, 0.717) is 17.7 Å². The molecule has 3 N–H and O–H groups in total. The van der Waals surface area contributed by atoms with Gasteiger partial charge < -0.3 is 9.63 Å². The van der Waals surface area contributed by atoms with E-state index < -0.39 is 27.9 Å². The third-order valence-corrected chi connectivity index (χ3v) is 9.25. The van der Waals surface area contributed by atoms with Crippen LogP contribution in [0, 0.1) is 5.41 Å². The van der Waals surface area contributed by atoms with E-state index in [1.54, 1.807) is 12.3 Å². The smallest absolute Gasteiger partial charge is 0.354 e. The predicted octanol–water partition coefficient (Wildman–Crippen LogP) is 4.64. The van der Waals surface area contributed by atoms with Gasteiger partial charge in [-0.1, -0.05) is 20.8 Å². The van der Waals surface area contributed by atoms with Crippen molar-refractivity contribution in [3.05, 3.63) is 58.6 Å². The Kier molecular flexibility index (Phi) is 7.02. The van der Waals surface area contributed by atoms with Crippen LogP contribution in [-0.2, 0) is 23.9 Å². The molecule has 0 radical (unpaired) electrons. The van der Waals surface area contributed by atoms with Crippen molar-refractivity contribution in [1.82, 2.24) is 0 Å². The molecule has 2 aromatic rings. The fourth-order valence-corrected chi connectivity index (χ4v) is 6.84. The second-order valence-electron chi connectivity index (χ2n) is 10.2. The van der Waals surface area contributed by atoms with E-state index in [-0.39, 0.29) is 34.7 Å². The van der Waals surface area contributed by atoms with E-state index in [1.165, 1.54) is 36.7 Å². The Bertz CT molecular complexity index is 1490. The highest BCUT2D eigenvalue weighted by molar-refractivity contribution is 7.92. The minimum Gasteiger partial charge on any atom is -0.507 e. The maximum atomic E-state index is 14.0. The first kappa shape index (κ1) is 27.3. The van der Waals surface area contributed by atoms with E-state index in [0.717, 1.165) is 11.8 Å². The van der Waals surface area contributed by atoms with Gasteiger partial charge in [-0.05, 0) is 40.4 Å². The standard InChI is InChI=1S/C24H29N4O6PS2/c1-24(2,3)9-10-28(14-18(16-8-11-36-15-16)20(29)13-22(28)30)23-25-19-7-6-17(27-37(5,32)33)12-21(19)35(31,26-23)34-4/h6-8,11-15,27H,9-10H2,1-5H3,(H-,25,26,29,30,31)/p+1. The van der Waals surface area contributed by atoms with Crippen molar-refractivity contribution in [3.63, 3.8) is 0 Å². The fourth-order valence-electron chi connectivity index (χ4n) is 4.05. The Labute approximate surface area is 220 Å². The molecular formula is C24H30N4O6PS2+. The highest BCUT2D eigenvalue weighted by Crippen LogP contribution is 2.52. The van der Waals surface area contributed by atoms with Crippen LogP contribution in [0.15, 0.2) is 57.8 Å². The first-order valence-corrected chi connectivity index (χ1v) is 15.8. The molecule has 0 spiro atoms. The van der Waals surface area contributed by atoms with Gasteiger partial charge in [-0.3, -0.25) is 14.6 Å². The summed E-state index contributed by atoms with van der Waals surface area (Å²) in [6.45, 7) is 6.43. The Morgan fingerprint density at radius 3 is 2.59 bits per heavy atom. The highest BCUT2D eigenvalue weighted by Gasteiger charge is 2.49. The van der Waals surface area contributed by atoms with Crippen molar-refractivity contribution >= 4 is 63.0 Å². The molecule has 2 aliphatic rings. The molecule has 13 heteroatoms. The monoisotopic (exact) mass is 565 g/mol. The molecule has 0 saturated carbocycles. The molecule has 4 rings (SSSR count). The summed E-state index contributed by atoms with van der Waals surface area (Å²) < 4.78 is 49.2. The van der Waals surface area contributed by atoms with E-state index in [1.807, 2.05) is 16.8 Å². The van der Waals surface area contributed by atoms with Gasteiger partial charge in [0.05, 0.1) is 35.4 Å². The molecule has 0 aliphatic carbocycles. The number of carbonyl (C=O) groups is 1. The molecule has 1 aromatic carbocycles. The number of thiophene rings is 1. The number of nitrogens with zero attached hydrogens (tertiary/aromatic N) is 2. The molecule has 10 nitrogen and oxygen atoms in total. The normalized spacial score (nSPS) is 23.9. The van der Waals surface area contributed by atoms with Gasteiger partial charge in [-0.25, -0.2) is 13.2 Å². The molecule has 0 bridgehead atoms. The molecule has 0 saturated heterocycles. The first-order chi connectivity index (χ1) is 17.2. The van der Waals surface area contributed by atoms with Crippen LogP contribution in [0.5, 0.6) is 0 Å². The maximum Gasteiger partial charge on any atom is 0.354 e. The third-order valence-electron chi connectivity index (χ3n) is 6.03. The summed E-state index contributed by atoms with van der Waals surface area (Å²) in [4.78, 5) is 13.6. The zero-order valence-electron chi connectivity index (χ0n) is 21.2. The van der Waals surface area contributed by atoms with Gasteiger partial charge >= 0.3 is 19.4 Å². The number of carbonyl (C=O) groups excluding carboxylic acids is 1. The number of aliphatic hydroxyl groups excluding tert-OH is 1. The van der Waals surface area contributed by atoms with Gasteiger partial charge in [0, 0.05) is 24.8 Å². The number of quaternary nitrogens is 1. The van der Waals surface area contributed by atoms with Crippen molar-refractivity contribution < 1.29 is 31.9 Å². The lowest BCUT2D eigenvalue weighted by Gasteiger charge is -2.37. The molecule has 2 aliphatic heterocycles. The van der Waals surface area contributed by atoms with Crippen LogP contribution in [0.3, 0.4) is 0 Å². The fraction of sp³-hybridized carbons (Fsp3) is 0.333. The number of amides is 1. The van der Waals surface area contributed by atoms with Crippen molar-refractivity contribution in [2.45, 2.75) is 27.2 Å². The Hall–Kier alpha value is -2.76. The number of nitrogens with one attached hydrogen (secondary N) is 2. The van der Waals surface area contributed by atoms with E-state index in [2.05, 4.69) is 35.6 Å². The summed E-state index contributed by atoms with van der Waals surface area (Å²) in [5.74, 6) is -0.517. The third kappa shape index (κ3) is 5.58. The Balaban J connectivity index is 1.89. The summed E-state index contributed by atoms with van der Waals surface area (Å²) in [6, 6.07) is 6.33. The van der Waals surface area contributed by atoms with Crippen LogP contribution in [0.4, 0.5) is 11.4 Å². The molecule has 198 valence electrons. The van der Waals surface area contributed by atoms with Crippen molar-refractivity contribution in [2.24, 2.45) is 10.2 Å². The zero-order valence-corrected chi connectivity index (χ0v) is 23.7. The van der Waals surface area contributed by atoms with Crippen LogP contribution in [0.1, 0.15) is 32.8 Å². The molecule has 3 heterocycles. The quantitative estimate of drug-likeness (QED) is 0.343. The second kappa shape index (κ2) is 9.52. The number of benzene rings is 1. The lowest BCUT2D eigenvalue weighted by Crippen LogP contribution is -2.58. The predicted molar refractivity (Wildman–Crippen MR) is 147 cm³/mol. The number of hydrogen-bond donors (Lipinski definition) is 3. The molecular weight excluding hydrogens is 535 g/mol. The van der Waals surface area contributed by atoms with Crippen LogP contribution < -0.4 is 15.3 Å². The van der Waals surface area contributed by atoms with Gasteiger partial charge in [0.2, 0.25) is 10.0 Å². The number of anilines is 2. The number of guanidine groups is 1. The zero-order chi connectivity index (χ0) is 27.2. The average Bonchev–Trinajstić information content (AvgIpc) is 3.32. The topological polar surface area (TPSA) is 134 Å². The molecule has 1 aromatic heterocycles.